The molecule has 0 unspecified atom stereocenters. The zero-order valence-corrected chi connectivity index (χ0v) is 17.3. The minimum Gasteiger partial charge on any atom is -0.353 e. The first-order valence-electron chi connectivity index (χ1n) is 9.66. The number of hydrogen-bond donors (Lipinski definition) is 2. The fourth-order valence-electron chi connectivity index (χ4n) is 3.97. The van der Waals surface area contributed by atoms with Gasteiger partial charge in [0.1, 0.15) is 11.5 Å². The number of fused-ring (bicyclic) bond motifs is 2. The van der Waals surface area contributed by atoms with E-state index in [0.717, 1.165) is 45.0 Å². The predicted molar refractivity (Wildman–Crippen MR) is 121 cm³/mol. The minimum atomic E-state index is 0.768. The maximum absolute atomic E-state index is 4.59. The van der Waals surface area contributed by atoms with E-state index >= 15 is 0 Å². The molecule has 5 heterocycles. The molecule has 2 N–H and O–H groups in total. The SMILES string of the molecule is Cc1ncc(-c2cnc3[nH]nc(-c4cc5c(-c6ccsc6)cccc5[nH]4)c3c2)n1C. The standard InChI is InChI=1S/C23H18N6S/c1-13-24-11-21(29(13)2)15-8-18-22(27-28-23(18)25-10-15)20-9-17-16(14-6-7-30-12-14)4-3-5-19(17)26-20/h3-12,26H,1-2H3,(H,25,27,28). The fraction of sp³-hybridized carbons (Fsp3) is 0.0870. The molecule has 146 valence electrons. The van der Waals surface area contributed by atoms with Crippen molar-refractivity contribution in [3.8, 4) is 33.8 Å². The summed E-state index contributed by atoms with van der Waals surface area (Å²) in [5.41, 5.74) is 8.21. The third kappa shape index (κ3) is 2.52. The normalized spacial score (nSPS) is 11.7. The molecule has 6 nitrogen and oxygen atoms in total. The predicted octanol–water partition coefficient (Wildman–Crippen LogP) is 5.54. The van der Waals surface area contributed by atoms with Gasteiger partial charge in [0, 0.05) is 35.1 Å². The number of thiophene rings is 1. The Morgan fingerprint density at radius 2 is 1.93 bits per heavy atom. The number of nitrogens with zero attached hydrogens (tertiary/aromatic N) is 4. The average molecular weight is 411 g/mol. The molecule has 0 radical (unpaired) electrons. The number of nitrogens with one attached hydrogen (secondary N) is 2. The molecule has 30 heavy (non-hydrogen) atoms. The zero-order valence-electron chi connectivity index (χ0n) is 16.5. The lowest BCUT2D eigenvalue weighted by Crippen LogP contribution is -1.94. The highest BCUT2D eigenvalue weighted by atomic mass is 32.1. The van der Waals surface area contributed by atoms with Crippen LogP contribution in [0.1, 0.15) is 5.82 Å². The summed E-state index contributed by atoms with van der Waals surface area (Å²) in [5.74, 6) is 0.967. The molecule has 6 aromatic rings. The Labute approximate surface area is 176 Å². The summed E-state index contributed by atoms with van der Waals surface area (Å²) in [6, 6.07) is 12.8. The van der Waals surface area contributed by atoms with Crippen molar-refractivity contribution >= 4 is 33.3 Å². The van der Waals surface area contributed by atoms with Crippen LogP contribution in [0.3, 0.4) is 0 Å². The van der Waals surface area contributed by atoms with Crippen LogP contribution in [0, 0.1) is 6.92 Å². The molecule has 0 bridgehead atoms. The lowest BCUT2D eigenvalue weighted by Gasteiger charge is -2.04. The number of pyridine rings is 1. The van der Waals surface area contributed by atoms with Gasteiger partial charge in [-0.25, -0.2) is 9.97 Å². The van der Waals surface area contributed by atoms with E-state index in [9.17, 15) is 0 Å². The van der Waals surface area contributed by atoms with Gasteiger partial charge in [0.25, 0.3) is 0 Å². The number of H-pyrrole nitrogens is 2. The van der Waals surface area contributed by atoms with Crippen molar-refractivity contribution in [2.75, 3.05) is 0 Å². The maximum atomic E-state index is 4.59. The van der Waals surface area contributed by atoms with Crippen LogP contribution in [0.2, 0.25) is 0 Å². The van der Waals surface area contributed by atoms with Crippen LogP contribution in [0.5, 0.6) is 0 Å². The van der Waals surface area contributed by atoms with Gasteiger partial charge in [0.05, 0.1) is 17.6 Å². The van der Waals surface area contributed by atoms with Gasteiger partial charge in [0.15, 0.2) is 5.65 Å². The van der Waals surface area contributed by atoms with Crippen molar-refractivity contribution in [1.82, 2.24) is 29.7 Å². The summed E-state index contributed by atoms with van der Waals surface area (Å²) >= 11 is 1.71. The van der Waals surface area contributed by atoms with Gasteiger partial charge in [-0.3, -0.25) is 5.10 Å². The molecule has 0 aliphatic carbocycles. The van der Waals surface area contributed by atoms with Crippen LogP contribution in [0.25, 0.3) is 55.7 Å². The average Bonchev–Trinajstić information content (AvgIpc) is 3.54. The van der Waals surface area contributed by atoms with Crippen molar-refractivity contribution in [3.05, 3.63) is 65.4 Å². The quantitative estimate of drug-likeness (QED) is 0.402. The van der Waals surface area contributed by atoms with E-state index in [1.807, 2.05) is 26.4 Å². The smallest absolute Gasteiger partial charge is 0.155 e. The molecule has 0 spiro atoms. The first-order valence-corrected chi connectivity index (χ1v) is 10.6. The van der Waals surface area contributed by atoms with Crippen LogP contribution >= 0.6 is 11.3 Å². The van der Waals surface area contributed by atoms with E-state index < -0.39 is 0 Å². The van der Waals surface area contributed by atoms with Gasteiger partial charge < -0.3 is 9.55 Å². The number of imidazole rings is 1. The molecule has 6 rings (SSSR count). The number of aryl methyl sites for hydroxylation is 1. The molecule has 1 aromatic carbocycles. The maximum Gasteiger partial charge on any atom is 0.155 e. The van der Waals surface area contributed by atoms with Crippen LogP contribution < -0.4 is 0 Å². The van der Waals surface area contributed by atoms with Crippen molar-refractivity contribution < 1.29 is 0 Å². The highest BCUT2D eigenvalue weighted by Gasteiger charge is 2.16. The summed E-state index contributed by atoms with van der Waals surface area (Å²) in [6.45, 7) is 1.99. The second kappa shape index (κ2) is 6.40. The van der Waals surface area contributed by atoms with Gasteiger partial charge in [-0.2, -0.15) is 16.4 Å². The van der Waals surface area contributed by atoms with Crippen molar-refractivity contribution in [3.63, 3.8) is 0 Å². The second-order valence-corrected chi connectivity index (χ2v) is 8.18. The minimum absolute atomic E-state index is 0.768. The molecule has 0 saturated carbocycles. The van der Waals surface area contributed by atoms with Crippen LogP contribution in [-0.4, -0.2) is 29.7 Å². The van der Waals surface area contributed by atoms with Crippen LogP contribution in [-0.2, 0) is 7.05 Å². The largest absolute Gasteiger partial charge is 0.353 e. The topological polar surface area (TPSA) is 75.2 Å². The van der Waals surface area contributed by atoms with E-state index in [1.54, 1.807) is 11.3 Å². The Morgan fingerprint density at radius 1 is 1.00 bits per heavy atom. The number of aromatic nitrogens is 6. The zero-order chi connectivity index (χ0) is 20.2. The first kappa shape index (κ1) is 17.2. The van der Waals surface area contributed by atoms with Gasteiger partial charge in [-0.15, -0.1) is 0 Å². The van der Waals surface area contributed by atoms with Crippen LogP contribution in [0.4, 0.5) is 0 Å². The van der Waals surface area contributed by atoms with E-state index in [1.165, 1.54) is 16.5 Å². The molecule has 0 atom stereocenters. The summed E-state index contributed by atoms with van der Waals surface area (Å²) in [4.78, 5) is 12.5. The van der Waals surface area contributed by atoms with Crippen molar-refractivity contribution in [2.24, 2.45) is 7.05 Å². The second-order valence-electron chi connectivity index (χ2n) is 7.40. The number of rotatable bonds is 3. The summed E-state index contributed by atoms with van der Waals surface area (Å²) < 4.78 is 2.07. The third-order valence-electron chi connectivity index (χ3n) is 5.68. The van der Waals surface area contributed by atoms with Gasteiger partial charge in [0.2, 0.25) is 0 Å². The van der Waals surface area contributed by atoms with E-state index in [-0.39, 0.29) is 0 Å². The third-order valence-corrected chi connectivity index (χ3v) is 6.37. The monoisotopic (exact) mass is 410 g/mol. The van der Waals surface area contributed by atoms with Gasteiger partial charge in [-0.05, 0) is 53.1 Å². The molecular weight excluding hydrogens is 392 g/mol. The molecule has 0 aliphatic rings. The van der Waals surface area contributed by atoms with E-state index in [4.69, 9.17) is 0 Å². The summed E-state index contributed by atoms with van der Waals surface area (Å²) in [7, 11) is 2.02. The fourth-order valence-corrected chi connectivity index (χ4v) is 4.63. The molecular formula is C23H18N6S. The Balaban J connectivity index is 1.53. The lowest BCUT2D eigenvalue weighted by molar-refractivity contribution is 0.865. The Hall–Kier alpha value is -3.71. The Bertz CT molecular complexity index is 1520. The van der Waals surface area contributed by atoms with Crippen molar-refractivity contribution in [2.45, 2.75) is 6.92 Å². The van der Waals surface area contributed by atoms with Crippen molar-refractivity contribution in [1.29, 1.82) is 0 Å². The number of aromatic amines is 2. The van der Waals surface area contributed by atoms with Crippen LogP contribution in [0.15, 0.2) is 59.6 Å². The molecule has 7 heteroatoms. The van der Waals surface area contributed by atoms with Gasteiger partial charge >= 0.3 is 0 Å². The number of benzene rings is 1. The molecule has 5 aromatic heterocycles. The highest BCUT2D eigenvalue weighted by Crippen LogP contribution is 2.35. The highest BCUT2D eigenvalue weighted by molar-refractivity contribution is 7.08. The lowest BCUT2D eigenvalue weighted by atomic mass is 10.0. The summed E-state index contributed by atoms with van der Waals surface area (Å²) in [6.07, 6.45) is 3.74. The molecule has 0 aliphatic heterocycles. The summed E-state index contributed by atoms with van der Waals surface area (Å²) in [5, 5.41) is 14.1. The van der Waals surface area contributed by atoms with E-state index in [0.29, 0.717) is 0 Å². The number of hydrogen-bond acceptors (Lipinski definition) is 4. The molecule has 0 fully saturated rings. The first-order chi connectivity index (χ1) is 14.7. The Morgan fingerprint density at radius 3 is 2.73 bits per heavy atom. The molecule has 0 saturated heterocycles. The Kier molecular flexibility index (Phi) is 3.66. The van der Waals surface area contributed by atoms with E-state index in [2.05, 4.69) is 76.9 Å². The molecule has 0 amide bonds. The van der Waals surface area contributed by atoms with Gasteiger partial charge in [-0.1, -0.05) is 12.1 Å².